The summed E-state index contributed by atoms with van der Waals surface area (Å²) in [5.41, 5.74) is 7.76. The minimum atomic E-state index is 0.443. The van der Waals surface area contributed by atoms with Crippen LogP contribution in [0.2, 0.25) is 0 Å². The second-order valence-electron chi connectivity index (χ2n) is 3.20. The summed E-state index contributed by atoms with van der Waals surface area (Å²) >= 11 is 8.48. The molecule has 0 atom stereocenters. The molecule has 1 aromatic rings. The Morgan fingerprint density at radius 3 is 2.47 bits per heavy atom. The zero-order chi connectivity index (χ0) is 11.4. The monoisotopic (exact) mass is 286 g/mol. The molecule has 0 aliphatic heterocycles. The molecule has 4 heteroatoms. The zero-order valence-corrected chi connectivity index (χ0v) is 11.4. The molecule has 1 rings (SSSR count). The van der Waals surface area contributed by atoms with Gasteiger partial charge in [-0.25, -0.2) is 0 Å². The fourth-order valence-electron chi connectivity index (χ4n) is 1.55. The molecule has 0 aliphatic rings. The van der Waals surface area contributed by atoms with E-state index in [-0.39, 0.29) is 0 Å². The van der Waals surface area contributed by atoms with Gasteiger partial charge in [-0.2, -0.15) is 0 Å². The van der Waals surface area contributed by atoms with E-state index in [1.807, 2.05) is 18.2 Å². The first-order valence-corrected chi connectivity index (χ1v) is 6.14. The molecule has 2 N–H and O–H groups in total. The lowest BCUT2D eigenvalue weighted by Gasteiger charge is -2.23. The maximum Gasteiger partial charge on any atom is 0.106 e. The molecule has 0 amide bonds. The summed E-state index contributed by atoms with van der Waals surface area (Å²) in [5.74, 6) is 0. The van der Waals surface area contributed by atoms with E-state index < -0.39 is 0 Å². The smallest absolute Gasteiger partial charge is 0.106 e. The lowest BCUT2D eigenvalue weighted by Crippen LogP contribution is -2.25. The van der Waals surface area contributed by atoms with Gasteiger partial charge in [0.1, 0.15) is 4.99 Å². The number of rotatable bonds is 4. The Kier molecular flexibility index (Phi) is 4.54. The number of halogens is 1. The second-order valence-corrected chi connectivity index (χ2v) is 4.55. The average molecular weight is 287 g/mol. The van der Waals surface area contributed by atoms with E-state index >= 15 is 0 Å². The van der Waals surface area contributed by atoms with Gasteiger partial charge in [0, 0.05) is 28.8 Å². The predicted octanol–water partition coefficient (Wildman–Crippen LogP) is 2.93. The van der Waals surface area contributed by atoms with E-state index in [9.17, 15) is 0 Å². The van der Waals surface area contributed by atoms with Crippen molar-refractivity contribution in [2.45, 2.75) is 13.8 Å². The van der Waals surface area contributed by atoms with Crippen LogP contribution in [0.1, 0.15) is 19.4 Å². The van der Waals surface area contributed by atoms with Crippen LogP contribution in [0.25, 0.3) is 0 Å². The Hall–Kier alpha value is -0.610. The molecule has 0 heterocycles. The molecule has 0 fully saturated rings. The van der Waals surface area contributed by atoms with E-state index in [2.05, 4.69) is 34.7 Å². The van der Waals surface area contributed by atoms with E-state index in [0.29, 0.717) is 4.99 Å². The molecular formula is C11H15BrN2S. The highest BCUT2D eigenvalue weighted by Crippen LogP contribution is 2.24. The van der Waals surface area contributed by atoms with Crippen molar-refractivity contribution in [1.29, 1.82) is 0 Å². The van der Waals surface area contributed by atoms with Crippen LogP contribution < -0.4 is 10.6 Å². The number of hydrogen-bond donors (Lipinski definition) is 1. The van der Waals surface area contributed by atoms with Crippen molar-refractivity contribution in [1.82, 2.24) is 0 Å². The van der Waals surface area contributed by atoms with Gasteiger partial charge in [-0.1, -0.05) is 28.1 Å². The number of thiocarbonyl (C=S) groups is 1. The number of benzene rings is 1. The van der Waals surface area contributed by atoms with Gasteiger partial charge in [-0.05, 0) is 32.0 Å². The molecule has 0 aromatic heterocycles. The van der Waals surface area contributed by atoms with Crippen molar-refractivity contribution in [3.8, 4) is 0 Å². The van der Waals surface area contributed by atoms with Crippen LogP contribution in [0, 0.1) is 0 Å². The largest absolute Gasteiger partial charge is 0.389 e. The number of anilines is 1. The molecule has 1 aromatic carbocycles. The van der Waals surface area contributed by atoms with Crippen LogP contribution in [0.5, 0.6) is 0 Å². The van der Waals surface area contributed by atoms with Crippen molar-refractivity contribution < 1.29 is 0 Å². The van der Waals surface area contributed by atoms with Gasteiger partial charge in [0.2, 0.25) is 0 Å². The van der Waals surface area contributed by atoms with E-state index in [1.54, 1.807) is 0 Å². The molecule has 0 aliphatic carbocycles. The van der Waals surface area contributed by atoms with Crippen LogP contribution in [0.3, 0.4) is 0 Å². The third-order valence-electron chi connectivity index (χ3n) is 2.33. The Bertz CT molecular complexity index is 362. The van der Waals surface area contributed by atoms with Gasteiger partial charge in [0.05, 0.1) is 0 Å². The van der Waals surface area contributed by atoms with Crippen molar-refractivity contribution in [2.24, 2.45) is 5.73 Å². The molecule has 2 nitrogen and oxygen atoms in total. The van der Waals surface area contributed by atoms with E-state index in [0.717, 1.165) is 28.8 Å². The molecule has 0 saturated carbocycles. The third kappa shape index (κ3) is 2.92. The lowest BCUT2D eigenvalue weighted by molar-refractivity contribution is 0.865. The van der Waals surface area contributed by atoms with Crippen molar-refractivity contribution >= 4 is 38.8 Å². The SMILES string of the molecule is CCN(CC)c1ccc(Br)cc1C(N)=S. The lowest BCUT2D eigenvalue weighted by atomic mass is 10.1. The summed E-state index contributed by atoms with van der Waals surface area (Å²) in [6.07, 6.45) is 0. The van der Waals surface area contributed by atoms with Gasteiger partial charge < -0.3 is 10.6 Å². The van der Waals surface area contributed by atoms with Crippen LogP contribution in [0.15, 0.2) is 22.7 Å². The minimum absolute atomic E-state index is 0.443. The minimum Gasteiger partial charge on any atom is -0.389 e. The highest BCUT2D eigenvalue weighted by atomic mass is 79.9. The Morgan fingerprint density at radius 2 is 2.00 bits per heavy atom. The summed E-state index contributed by atoms with van der Waals surface area (Å²) in [4.78, 5) is 2.68. The van der Waals surface area contributed by atoms with Crippen molar-refractivity contribution in [2.75, 3.05) is 18.0 Å². The molecule has 82 valence electrons. The maximum atomic E-state index is 5.71. The summed E-state index contributed by atoms with van der Waals surface area (Å²) in [6, 6.07) is 6.02. The first-order chi connectivity index (χ1) is 7.10. The van der Waals surface area contributed by atoms with Crippen molar-refractivity contribution in [3.05, 3.63) is 28.2 Å². The van der Waals surface area contributed by atoms with Gasteiger partial charge in [0.25, 0.3) is 0 Å². The zero-order valence-electron chi connectivity index (χ0n) is 8.96. The summed E-state index contributed by atoms with van der Waals surface area (Å²) in [7, 11) is 0. The quantitative estimate of drug-likeness (QED) is 0.863. The number of hydrogen-bond acceptors (Lipinski definition) is 2. The molecule has 0 bridgehead atoms. The summed E-state index contributed by atoms with van der Waals surface area (Å²) in [6.45, 7) is 6.14. The molecule has 15 heavy (non-hydrogen) atoms. The molecule has 0 radical (unpaired) electrons. The molecule has 0 saturated heterocycles. The van der Waals surface area contributed by atoms with Crippen LogP contribution in [0.4, 0.5) is 5.69 Å². The van der Waals surface area contributed by atoms with Crippen molar-refractivity contribution in [3.63, 3.8) is 0 Å². The number of nitrogens with zero attached hydrogens (tertiary/aromatic N) is 1. The van der Waals surface area contributed by atoms with Crippen LogP contribution in [-0.4, -0.2) is 18.1 Å². The van der Waals surface area contributed by atoms with E-state index in [4.69, 9.17) is 18.0 Å². The second kappa shape index (κ2) is 5.47. The van der Waals surface area contributed by atoms with Gasteiger partial charge in [-0.3, -0.25) is 0 Å². The molecular weight excluding hydrogens is 272 g/mol. The maximum absolute atomic E-state index is 5.71. The summed E-state index contributed by atoms with van der Waals surface area (Å²) in [5, 5.41) is 0. The van der Waals surface area contributed by atoms with E-state index in [1.165, 1.54) is 0 Å². The Balaban J connectivity index is 3.21. The average Bonchev–Trinajstić information content (AvgIpc) is 2.21. The van der Waals surface area contributed by atoms with Crippen LogP contribution >= 0.6 is 28.1 Å². The number of nitrogens with two attached hydrogens (primary N) is 1. The predicted molar refractivity (Wildman–Crippen MR) is 73.6 cm³/mol. The Labute approximate surface area is 105 Å². The highest BCUT2D eigenvalue weighted by molar-refractivity contribution is 9.10. The fourth-order valence-corrected chi connectivity index (χ4v) is 2.07. The third-order valence-corrected chi connectivity index (χ3v) is 3.04. The Morgan fingerprint density at radius 1 is 1.40 bits per heavy atom. The first-order valence-electron chi connectivity index (χ1n) is 4.94. The van der Waals surface area contributed by atoms with Crippen LogP contribution in [-0.2, 0) is 0 Å². The van der Waals surface area contributed by atoms with Gasteiger partial charge in [-0.15, -0.1) is 0 Å². The summed E-state index contributed by atoms with van der Waals surface area (Å²) < 4.78 is 1.00. The topological polar surface area (TPSA) is 29.3 Å². The standard InChI is InChI=1S/C11H15BrN2S/c1-3-14(4-2)10-6-5-8(12)7-9(10)11(13)15/h5-7H,3-4H2,1-2H3,(H2,13,15). The van der Waals surface area contributed by atoms with Gasteiger partial charge >= 0.3 is 0 Å². The molecule has 0 unspecified atom stereocenters. The highest BCUT2D eigenvalue weighted by Gasteiger charge is 2.10. The van der Waals surface area contributed by atoms with Gasteiger partial charge in [0.15, 0.2) is 0 Å². The normalized spacial score (nSPS) is 10.1. The fraction of sp³-hybridized carbons (Fsp3) is 0.364. The molecule has 0 spiro atoms. The first kappa shape index (κ1) is 12.5.